The third-order valence-corrected chi connectivity index (χ3v) is 3.38. The van der Waals surface area contributed by atoms with Crippen molar-refractivity contribution in [3.8, 4) is 0 Å². The zero-order valence-corrected chi connectivity index (χ0v) is 11.7. The van der Waals surface area contributed by atoms with Gasteiger partial charge in [0.15, 0.2) is 5.78 Å². The maximum atomic E-state index is 11.9. The standard InChI is InChI=1S/C12H15BrOS/c1-8-6-10(13)7-9(2)12(8)11(14)4-5-15-3/h6-7H,4-5H2,1-3H3. The van der Waals surface area contributed by atoms with Crippen molar-refractivity contribution >= 4 is 33.5 Å². The Labute approximate surface area is 104 Å². The summed E-state index contributed by atoms with van der Waals surface area (Å²) in [6.45, 7) is 3.98. The molecule has 0 aliphatic rings. The lowest BCUT2D eigenvalue weighted by molar-refractivity contribution is 0.0988. The highest BCUT2D eigenvalue weighted by Gasteiger charge is 2.12. The van der Waals surface area contributed by atoms with Crippen LogP contribution < -0.4 is 0 Å². The Morgan fingerprint density at radius 1 is 1.33 bits per heavy atom. The average molecular weight is 287 g/mol. The molecule has 1 aromatic carbocycles. The monoisotopic (exact) mass is 286 g/mol. The van der Waals surface area contributed by atoms with E-state index in [4.69, 9.17) is 0 Å². The number of carbonyl (C=O) groups excluding carboxylic acids is 1. The van der Waals surface area contributed by atoms with Crippen molar-refractivity contribution in [3.63, 3.8) is 0 Å². The third kappa shape index (κ3) is 3.35. The van der Waals surface area contributed by atoms with Gasteiger partial charge in [0.05, 0.1) is 0 Å². The molecule has 0 unspecified atom stereocenters. The first-order chi connectivity index (χ1) is 7.06. The molecule has 0 heterocycles. The number of hydrogen-bond acceptors (Lipinski definition) is 2. The Hall–Kier alpha value is -0.280. The lowest BCUT2D eigenvalue weighted by Gasteiger charge is -2.09. The highest BCUT2D eigenvalue weighted by molar-refractivity contribution is 9.10. The number of rotatable bonds is 4. The second-order valence-electron chi connectivity index (χ2n) is 3.58. The van der Waals surface area contributed by atoms with Gasteiger partial charge >= 0.3 is 0 Å². The van der Waals surface area contributed by atoms with Crippen molar-refractivity contribution in [2.24, 2.45) is 0 Å². The molecule has 0 saturated heterocycles. The maximum absolute atomic E-state index is 11.9. The molecule has 1 rings (SSSR count). The first kappa shape index (κ1) is 12.8. The summed E-state index contributed by atoms with van der Waals surface area (Å²) in [7, 11) is 0. The van der Waals surface area contributed by atoms with E-state index in [2.05, 4.69) is 15.9 Å². The molecule has 0 aliphatic carbocycles. The van der Waals surface area contributed by atoms with Crippen LogP contribution in [0.15, 0.2) is 16.6 Å². The SMILES string of the molecule is CSCCC(=O)c1c(C)cc(Br)cc1C. The average Bonchev–Trinajstić information content (AvgIpc) is 2.12. The van der Waals surface area contributed by atoms with Crippen LogP contribution in [0.5, 0.6) is 0 Å². The summed E-state index contributed by atoms with van der Waals surface area (Å²) in [5, 5.41) is 0. The highest BCUT2D eigenvalue weighted by Crippen LogP contribution is 2.22. The molecule has 1 nitrogen and oxygen atoms in total. The number of Topliss-reactive ketones (excluding diaryl/α,β-unsaturated/α-hetero) is 1. The number of benzene rings is 1. The zero-order valence-electron chi connectivity index (χ0n) is 9.26. The van der Waals surface area contributed by atoms with Crippen molar-refractivity contribution in [3.05, 3.63) is 33.3 Å². The quantitative estimate of drug-likeness (QED) is 0.779. The molecular weight excluding hydrogens is 272 g/mol. The lowest BCUT2D eigenvalue weighted by atomic mass is 9.98. The van der Waals surface area contributed by atoms with Crippen LogP contribution in [0, 0.1) is 13.8 Å². The van der Waals surface area contributed by atoms with Crippen molar-refractivity contribution < 1.29 is 4.79 Å². The van der Waals surface area contributed by atoms with E-state index in [1.807, 2.05) is 32.2 Å². The first-order valence-electron chi connectivity index (χ1n) is 4.85. The van der Waals surface area contributed by atoms with Gasteiger partial charge in [-0.15, -0.1) is 0 Å². The van der Waals surface area contributed by atoms with Gasteiger partial charge in [-0.2, -0.15) is 11.8 Å². The summed E-state index contributed by atoms with van der Waals surface area (Å²) in [5.74, 6) is 1.15. The number of hydrogen-bond donors (Lipinski definition) is 0. The Morgan fingerprint density at radius 2 is 1.87 bits per heavy atom. The van der Waals surface area contributed by atoms with E-state index in [-0.39, 0.29) is 5.78 Å². The normalized spacial score (nSPS) is 10.4. The molecule has 15 heavy (non-hydrogen) atoms. The molecule has 0 spiro atoms. The molecule has 3 heteroatoms. The summed E-state index contributed by atoms with van der Waals surface area (Å²) in [6.07, 6.45) is 2.65. The van der Waals surface area contributed by atoms with Crippen LogP contribution in [-0.2, 0) is 0 Å². The van der Waals surface area contributed by atoms with E-state index in [1.165, 1.54) is 0 Å². The lowest BCUT2D eigenvalue weighted by Crippen LogP contribution is -2.05. The molecule has 0 bridgehead atoms. The van der Waals surface area contributed by atoms with E-state index in [1.54, 1.807) is 11.8 Å². The van der Waals surface area contributed by atoms with E-state index in [0.29, 0.717) is 6.42 Å². The fourth-order valence-electron chi connectivity index (χ4n) is 1.67. The number of carbonyl (C=O) groups is 1. The fourth-order valence-corrected chi connectivity index (χ4v) is 2.75. The van der Waals surface area contributed by atoms with Crippen LogP contribution in [0.4, 0.5) is 0 Å². The first-order valence-corrected chi connectivity index (χ1v) is 7.04. The second-order valence-corrected chi connectivity index (χ2v) is 5.48. The molecule has 0 saturated carbocycles. The smallest absolute Gasteiger partial charge is 0.164 e. The predicted octanol–water partition coefficient (Wildman–Crippen LogP) is 4.00. The number of aryl methyl sites for hydroxylation is 2. The molecule has 0 aliphatic heterocycles. The zero-order chi connectivity index (χ0) is 11.4. The fraction of sp³-hybridized carbons (Fsp3) is 0.417. The number of ketones is 1. The van der Waals surface area contributed by atoms with E-state index >= 15 is 0 Å². The summed E-state index contributed by atoms with van der Waals surface area (Å²) >= 11 is 5.14. The van der Waals surface area contributed by atoms with E-state index in [0.717, 1.165) is 26.9 Å². The number of thioether (sulfide) groups is 1. The molecule has 0 N–H and O–H groups in total. The Balaban J connectivity index is 2.98. The molecular formula is C12H15BrOS. The molecule has 0 amide bonds. The Kier molecular flexibility index (Phi) is 4.87. The van der Waals surface area contributed by atoms with Gasteiger partial charge < -0.3 is 0 Å². The summed E-state index contributed by atoms with van der Waals surface area (Å²) < 4.78 is 1.04. The molecule has 82 valence electrons. The van der Waals surface area contributed by atoms with Crippen molar-refractivity contribution in [1.82, 2.24) is 0 Å². The van der Waals surface area contributed by atoms with Gasteiger partial charge in [0, 0.05) is 22.2 Å². The van der Waals surface area contributed by atoms with E-state index < -0.39 is 0 Å². The highest BCUT2D eigenvalue weighted by atomic mass is 79.9. The minimum atomic E-state index is 0.256. The Bertz CT molecular complexity index is 351. The molecule has 0 fully saturated rings. The molecule has 0 radical (unpaired) electrons. The molecule has 0 aromatic heterocycles. The van der Waals surface area contributed by atoms with Gasteiger partial charge in [0.1, 0.15) is 0 Å². The Morgan fingerprint density at radius 3 is 2.33 bits per heavy atom. The largest absolute Gasteiger partial charge is 0.294 e. The second kappa shape index (κ2) is 5.71. The minimum absolute atomic E-state index is 0.256. The van der Waals surface area contributed by atoms with Gasteiger partial charge in [-0.25, -0.2) is 0 Å². The van der Waals surface area contributed by atoms with Gasteiger partial charge in [-0.05, 0) is 43.4 Å². The van der Waals surface area contributed by atoms with Crippen molar-refractivity contribution in [2.45, 2.75) is 20.3 Å². The van der Waals surface area contributed by atoms with Crippen molar-refractivity contribution in [2.75, 3.05) is 12.0 Å². The van der Waals surface area contributed by atoms with Gasteiger partial charge in [0.2, 0.25) is 0 Å². The maximum Gasteiger partial charge on any atom is 0.164 e. The van der Waals surface area contributed by atoms with Crippen LogP contribution in [0.25, 0.3) is 0 Å². The molecule has 0 atom stereocenters. The summed E-state index contributed by atoms with van der Waals surface area (Å²) in [5.41, 5.74) is 3.02. The summed E-state index contributed by atoms with van der Waals surface area (Å²) in [6, 6.07) is 4.00. The van der Waals surface area contributed by atoms with E-state index in [9.17, 15) is 4.79 Å². The van der Waals surface area contributed by atoms with Gasteiger partial charge in [-0.3, -0.25) is 4.79 Å². The van der Waals surface area contributed by atoms with Crippen LogP contribution >= 0.6 is 27.7 Å². The predicted molar refractivity (Wildman–Crippen MR) is 70.9 cm³/mol. The topological polar surface area (TPSA) is 17.1 Å². The van der Waals surface area contributed by atoms with Crippen LogP contribution in [0.2, 0.25) is 0 Å². The summed E-state index contributed by atoms with van der Waals surface area (Å²) in [4.78, 5) is 11.9. The van der Waals surface area contributed by atoms with Crippen LogP contribution in [-0.4, -0.2) is 17.8 Å². The van der Waals surface area contributed by atoms with Crippen molar-refractivity contribution in [1.29, 1.82) is 0 Å². The molecule has 1 aromatic rings. The third-order valence-electron chi connectivity index (χ3n) is 2.31. The number of halogens is 1. The van der Waals surface area contributed by atoms with Gasteiger partial charge in [0.25, 0.3) is 0 Å². The van der Waals surface area contributed by atoms with Crippen LogP contribution in [0.3, 0.4) is 0 Å². The van der Waals surface area contributed by atoms with Crippen LogP contribution in [0.1, 0.15) is 27.9 Å². The minimum Gasteiger partial charge on any atom is -0.294 e. The van der Waals surface area contributed by atoms with Gasteiger partial charge in [-0.1, -0.05) is 15.9 Å².